The molecule has 0 saturated carbocycles. The Morgan fingerprint density at radius 3 is 2.40 bits per heavy atom. The van der Waals surface area contributed by atoms with Crippen LogP contribution >= 0.6 is 11.6 Å². The van der Waals surface area contributed by atoms with E-state index in [9.17, 15) is 14.4 Å². The number of rotatable bonds is 7. The Bertz CT molecular complexity index is 946. The van der Waals surface area contributed by atoms with Gasteiger partial charge in [-0.1, -0.05) is 41.4 Å². The van der Waals surface area contributed by atoms with E-state index in [0.29, 0.717) is 22.9 Å². The van der Waals surface area contributed by atoms with Gasteiger partial charge in [0, 0.05) is 12.1 Å². The number of likely N-dealkylation sites (N-methyl/N-ethyl adjacent to an activating group) is 1. The molecule has 1 aliphatic rings. The molecular weight excluding hydrogens is 406 g/mol. The molecule has 2 aromatic rings. The summed E-state index contributed by atoms with van der Waals surface area (Å²) in [5.74, 6) is -0.162. The highest BCUT2D eigenvalue weighted by molar-refractivity contribution is 6.30. The van der Waals surface area contributed by atoms with Gasteiger partial charge in [0.25, 0.3) is 5.91 Å². The summed E-state index contributed by atoms with van der Waals surface area (Å²) in [6.07, 6.45) is 0. The van der Waals surface area contributed by atoms with Gasteiger partial charge in [0.1, 0.15) is 24.4 Å². The van der Waals surface area contributed by atoms with Crippen molar-refractivity contribution in [3.8, 4) is 5.75 Å². The first-order valence-corrected chi connectivity index (χ1v) is 9.92. The van der Waals surface area contributed by atoms with Crippen LogP contribution in [0.15, 0.2) is 48.5 Å². The maximum absolute atomic E-state index is 12.9. The molecule has 0 radical (unpaired) electrons. The molecule has 2 aromatic carbocycles. The van der Waals surface area contributed by atoms with Crippen molar-refractivity contribution in [1.29, 1.82) is 0 Å². The number of carbonyl (C=O) groups is 3. The van der Waals surface area contributed by atoms with Gasteiger partial charge in [0.15, 0.2) is 0 Å². The number of carbonyl (C=O) groups excluding carboxylic acids is 3. The standard InChI is InChI=1S/C22H24ClN3O4/c1-15-4-6-16(7-5-15)22(2)20(28)26(21(29)24-22)14-19(27)25(3)12-13-30-18-10-8-17(23)9-11-18/h4-11H,12-14H2,1-3H3,(H,24,29)/t22-/m0/s1. The number of hydrogen-bond donors (Lipinski definition) is 1. The molecule has 1 saturated heterocycles. The van der Waals surface area contributed by atoms with E-state index in [1.165, 1.54) is 4.90 Å². The average molecular weight is 430 g/mol. The normalized spacial score (nSPS) is 18.3. The first-order valence-electron chi connectivity index (χ1n) is 9.54. The lowest BCUT2D eigenvalue weighted by Crippen LogP contribution is -2.44. The van der Waals surface area contributed by atoms with E-state index >= 15 is 0 Å². The van der Waals surface area contributed by atoms with E-state index in [1.54, 1.807) is 50.4 Å². The molecule has 1 aliphatic heterocycles. The average Bonchev–Trinajstić information content (AvgIpc) is 2.93. The fourth-order valence-corrected chi connectivity index (χ4v) is 3.26. The van der Waals surface area contributed by atoms with Crippen LogP contribution < -0.4 is 10.1 Å². The van der Waals surface area contributed by atoms with E-state index in [1.807, 2.05) is 19.1 Å². The highest BCUT2D eigenvalue weighted by atomic mass is 35.5. The predicted octanol–water partition coefficient (Wildman–Crippen LogP) is 2.95. The Hall–Kier alpha value is -3.06. The first-order chi connectivity index (χ1) is 14.2. The van der Waals surface area contributed by atoms with Crippen molar-refractivity contribution in [1.82, 2.24) is 15.1 Å². The summed E-state index contributed by atoms with van der Waals surface area (Å²) in [5.41, 5.74) is 0.529. The van der Waals surface area contributed by atoms with Gasteiger partial charge in [-0.15, -0.1) is 0 Å². The van der Waals surface area contributed by atoms with E-state index in [0.717, 1.165) is 10.5 Å². The van der Waals surface area contributed by atoms with Gasteiger partial charge in [-0.25, -0.2) is 4.79 Å². The van der Waals surface area contributed by atoms with Crippen molar-refractivity contribution in [2.75, 3.05) is 26.7 Å². The van der Waals surface area contributed by atoms with Gasteiger partial charge in [-0.3, -0.25) is 14.5 Å². The molecule has 0 spiro atoms. The van der Waals surface area contributed by atoms with Gasteiger partial charge in [-0.05, 0) is 43.7 Å². The second-order valence-corrected chi connectivity index (χ2v) is 7.87. The van der Waals surface area contributed by atoms with Crippen LogP contribution in [0.4, 0.5) is 4.79 Å². The van der Waals surface area contributed by atoms with Crippen LogP contribution in [0.5, 0.6) is 5.75 Å². The first kappa shape index (κ1) is 21.6. The third-order valence-corrected chi connectivity index (χ3v) is 5.38. The minimum absolute atomic E-state index is 0.269. The minimum Gasteiger partial charge on any atom is -0.492 e. The third-order valence-electron chi connectivity index (χ3n) is 5.13. The molecule has 0 bridgehead atoms. The molecule has 1 atom stereocenters. The monoisotopic (exact) mass is 429 g/mol. The van der Waals surface area contributed by atoms with Crippen molar-refractivity contribution in [2.24, 2.45) is 0 Å². The second kappa shape index (κ2) is 8.75. The third kappa shape index (κ3) is 4.57. The number of nitrogens with zero attached hydrogens (tertiary/aromatic N) is 2. The molecule has 1 fully saturated rings. The Balaban J connectivity index is 1.57. The molecule has 0 aromatic heterocycles. The van der Waals surface area contributed by atoms with E-state index < -0.39 is 17.5 Å². The van der Waals surface area contributed by atoms with Crippen molar-refractivity contribution in [3.05, 3.63) is 64.7 Å². The topological polar surface area (TPSA) is 79.0 Å². The summed E-state index contributed by atoms with van der Waals surface area (Å²) in [5, 5.41) is 3.32. The Morgan fingerprint density at radius 1 is 1.13 bits per heavy atom. The van der Waals surface area contributed by atoms with Crippen molar-refractivity contribution in [2.45, 2.75) is 19.4 Å². The SMILES string of the molecule is Cc1ccc([C@]2(C)NC(=O)N(CC(=O)N(C)CCOc3ccc(Cl)cc3)C2=O)cc1. The Kier molecular flexibility index (Phi) is 6.31. The van der Waals surface area contributed by atoms with Crippen molar-refractivity contribution in [3.63, 3.8) is 0 Å². The molecule has 8 heteroatoms. The Morgan fingerprint density at radius 2 is 1.77 bits per heavy atom. The van der Waals surface area contributed by atoms with Crippen LogP contribution in [-0.4, -0.2) is 54.4 Å². The number of urea groups is 1. The van der Waals surface area contributed by atoms with Crippen LogP contribution in [-0.2, 0) is 15.1 Å². The summed E-state index contributed by atoms with van der Waals surface area (Å²) in [6.45, 7) is 3.83. The van der Waals surface area contributed by atoms with Crippen molar-refractivity contribution < 1.29 is 19.1 Å². The summed E-state index contributed by atoms with van der Waals surface area (Å²) in [4.78, 5) is 40.3. The van der Waals surface area contributed by atoms with Gasteiger partial charge in [0.05, 0.1) is 6.54 Å². The zero-order valence-corrected chi connectivity index (χ0v) is 17.9. The van der Waals surface area contributed by atoms with Crippen LogP contribution in [0.2, 0.25) is 5.02 Å². The number of hydrogen-bond acceptors (Lipinski definition) is 4. The van der Waals surface area contributed by atoms with Crippen LogP contribution in [0, 0.1) is 6.92 Å². The molecule has 7 nitrogen and oxygen atoms in total. The smallest absolute Gasteiger partial charge is 0.325 e. The molecule has 30 heavy (non-hydrogen) atoms. The number of benzene rings is 2. The number of amides is 4. The molecule has 158 valence electrons. The molecule has 0 unspecified atom stereocenters. The maximum Gasteiger partial charge on any atom is 0.325 e. The lowest BCUT2D eigenvalue weighted by atomic mass is 9.91. The van der Waals surface area contributed by atoms with E-state index in [2.05, 4.69) is 5.32 Å². The maximum atomic E-state index is 12.9. The summed E-state index contributed by atoms with van der Waals surface area (Å²) >= 11 is 5.84. The van der Waals surface area contributed by atoms with Crippen molar-refractivity contribution >= 4 is 29.4 Å². The highest BCUT2D eigenvalue weighted by Gasteiger charge is 2.49. The number of aryl methyl sites for hydroxylation is 1. The van der Waals surface area contributed by atoms with Crippen LogP contribution in [0.1, 0.15) is 18.1 Å². The molecule has 3 rings (SSSR count). The van der Waals surface area contributed by atoms with E-state index in [-0.39, 0.29) is 19.1 Å². The number of ether oxygens (including phenoxy) is 1. The number of nitrogens with one attached hydrogen (secondary N) is 1. The fraction of sp³-hybridized carbons (Fsp3) is 0.318. The van der Waals surface area contributed by atoms with Crippen LogP contribution in [0.3, 0.4) is 0 Å². The van der Waals surface area contributed by atoms with Gasteiger partial charge in [-0.2, -0.15) is 0 Å². The number of halogens is 1. The molecule has 4 amide bonds. The molecular formula is C22H24ClN3O4. The summed E-state index contributed by atoms with van der Waals surface area (Å²) in [7, 11) is 1.60. The lowest BCUT2D eigenvalue weighted by molar-refractivity contribution is -0.138. The highest BCUT2D eigenvalue weighted by Crippen LogP contribution is 2.29. The quantitative estimate of drug-likeness (QED) is 0.686. The lowest BCUT2D eigenvalue weighted by Gasteiger charge is -2.23. The molecule has 0 aliphatic carbocycles. The summed E-state index contributed by atoms with van der Waals surface area (Å²) in [6, 6.07) is 13.7. The van der Waals surface area contributed by atoms with Gasteiger partial charge >= 0.3 is 6.03 Å². The minimum atomic E-state index is -1.19. The van der Waals surface area contributed by atoms with Crippen LogP contribution in [0.25, 0.3) is 0 Å². The van der Waals surface area contributed by atoms with Gasteiger partial charge < -0.3 is 15.0 Å². The Labute approximate surface area is 180 Å². The van der Waals surface area contributed by atoms with E-state index in [4.69, 9.17) is 16.3 Å². The zero-order chi connectivity index (χ0) is 21.9. The van der Waals surface area contributed by atoms with Gasteiger partial charge in [0.2, 0.25) is 5.91 Å². The molecule has 1 heterocycles. The zero-order valence-electron chi connectivity index (χ0n) is 17.1. The summed E-state index contributed by atoms with van der Waals surface area (Å²) < 4.78 is 5.58. The fourth-order valence-electron chi connectivity index (χ4n) is 3.14. The largest absolute Gasteiger partial charge is 0.492 e. The predicted molar refractivity (Wildman–Crippen MR) is 113 cm³/mol. The second-order valence-electron chi connectivity index (χ2n) is 7.43. The molecule has 1 N–H and O–H groups in total. The number of imide groups is 1.